The smallest absolute Gasteiger partial charge is 0.206 e. The third kappa shape index (κ3) is 2.87. The van der Waals surface area contributed by atoms with Gasteiger partial charge in [-0.2, -0.15) is 0 Å². The summed E-state index contributed by atoms with van der Waals surface area (Å²) in [6.45, 7) is 6.45. The van der Waals surface area contributed by atoms with E-state index in [1.165, 1.54) is 12.8 Å². The lowest BCUT2D eigenvalue weighted by Gasteiger charge is -2.11. The first-order chi connectivity index (χ1) is 9.22. The van der Waals surface area contributed by atoms with Crippen molar-refractivity contribution in [3.8, 4) is 9.88 Å². The molecular weight excluding hydrogens is 278 g/mol. The molecule has 0 bridgehead atoms. The van der Waals surface area contributed by atoms with Gasteiger partial charge in [-0.1, -0.05) is 22.7 Å². The van der Waals surface area contributed by atoms with Gasteiger partial charge in [0, 0.05) is 19.1 Å². The van der Waals surface area contributed by atoms with Gasteiger partial charge in [0.05, 0.1) is 11.1 Å². The second-order valence-electron chi connectivity index (χ2n) is 4.91. The number of thiazole rings is 1. The highest BCUT2D eigenvalue weighted by Gasteiger charge is 2.17. The van der Waals surface area contributed by atoms with Crippen LogP contribution in [0.3, 0.4) is 0 Å². The van der Waals surface area contributed by atoms with E-state index in [9.17, 15) is 0 Å². The Kier molecular flexibility index (Phi) is 3.65. The number of aromatic nitrogens is 3. The molecule has 0 unspecified atom stereocenters. The molecule has 0 aliphatic carbocycles. The minimum Gasteiger partial charge on any atom is -0.358 e. The summed E-state index contributed by atoms with van der Waals surface area (Å²) in [6.07, 6.45) is 4.46. The van der Waals surface area contributed by atoms with E-state index in [0.717, 1.165) is 33.2 Å². The van der Waals surface area contributed by atoms with Crippen LogP contribution >= 0.6 is 22.7 Å². The molecule has 0 radical (unpaired) electrons. The lowest BCUT2D eigenvalue weighted by molar-refractivity contribution is 0.888. The van der Waals surface area contributed by atoms with Crippen LogP contribution in [-0.4, -0.2) is 34.3 Å². The maximum Gasteiger partial charge on any atom is 0.206 e. The summed E-state index contributed by atoms with van der Waals surface area (Å²) in [7, 11) is 0. The molecule has 102 valence electrons. The third-order valence-corrected chi connectivity index (χ3v) is 5.00. The fraction of sp³-hybridized carbons (Fsp3) is 0.583. The van der Waals surface area contributed by atoms with Gasteiger partial charge in [-0.3, -0.25) is 0 Å². The van der Waals surface area contributed by atoms with E-state index in [0.29, 0.717) is 6.04 Å². The van der Waals surface area contributed by atoms with Crippen LogP contribution in [0.1, 0.15) is 26.7 Å². The van der Waals surface area contributed by atoms with Crippen molar-refractivity contribution in [3.63, 3.8) is 0 Å². The van der Waals surface area contributed by atoms with Gasteiger partial charge in [0.25, 0.3) is 0 Å². The number of rotatable bonds is 4. The van der Waals surface area contributed by atoms with Crippen molar-refractivity contribution in [3.05, 3.63) is 6.20 Å². The highest BCUT2D eigenvalue weighted by atomic mass is 32.1. The molecule has 0 aromatic carbocycles. The zero-order valence-corrected chi connectivity index (χ0v) is 12.7. The second-order valence-corrected chi connectivity index (χ2v) is 6.90. The molecule has 3 rings (SSSR count). The number of nitrogens with one attached hydrogen (secondary N) is 1. The van der Waals surface area contributed by atoms with Gasteiger partial charge in [-0.05, 0) is 26.7 Å². The predicted octanol–water partition coefficient (Wildman–Crippen LogP) is 3.08. The molecule has 0 amide bonds. The van der Waals surface area contributed by atoms with E-state index in [-0.39, 0.29) is 0 Å². The lowest BCUT2D eigenvalue weighted by atomic mass is 10.4. The van der Waals surface area contributed by atoms with Gasteiger partial charge in [-0.15, -0.1) is 10.2 Å². The Morgan fingerprint density at radius 2 is 2.00 bits per heavy atom. The molecule has 0 saturated carbocycles. The largest absolute Gasteiger partial charge is 0.358 e. The Morgan fingerprint density at radius 1 is 1.21 bits per heavy atom. The van der Waals surface area contributed by atoms with Crippen LogP contribution in [0.4, 0.5) is 10.3 Å². The molecule has 0 atom stereocenters. The summed E-state index contributed by atoms with van der Waals surface area (Å²) in [4.78, 5) is 7.96. The summed E-state index contributed by atoms with van der Waals surface area (Å²) < 4.78 is 0. The molecule has 3 heterocycles. The van der Waals surface area contributed by atoms with Crippen LogP contribution in [0.2, 0.25) is 0 Å². The van der Waals surface area contributed by atoms with Crippen LogP contribution in [0.25, 0.3) is 9.88 Å². The average Bonchev–Trinajstić information content (AvgIpc) is 3.09. The van der Waals surface area contributed by atoms with Crippen LogP contribution in [0.5, 0.6) is 0 Å². The lowest BCUT2D eigenvalue weighted by Crippen LogP contribution is -2.16. The Morgan fingerprint density at radius 3 is 2.74 bits per heavy atom. The average molecular weight is 295 g/mol. The van der Waals surface area contributed by atoms with Crippen LogP contribution < -0.4 is 10.2 Å². The molecule has 2 aromatic heterocycles. The molecule has 2 aromatic rings. The van der Waals surface area contributed by atoms with Gasteiger partial charge >= 0.3 is 0 Å². The number of hydrogen-bond donors (Lipinski definition) is 1. The van der Waals surface area contributed by atoms with Crippen molar-refractivity contribution in [2.75, 3.05) is 23.3 Å². The first kappa shape index (κ1) is 12.8. The second kappa shape index (κ2) is 5.42. The summed E-state index contributed by atoms with van der Waals surface area (Å²) in [6, 6.07) is 0.377. The molecule has 19 heavy (non-hydrogen) atoms. The van der Waals surface area contributed by atoms with Crippen molar-refractivity contribution in [1.29, 1.82) is 0 Å². The molecule has 1 aliphatic rings. The van der Waals surface area contributed by atoms with Crippen molar-refractivity contribution in [2.24, 2.45) is 0 Å². The van der Waals surface area contributed by atoms with E-state index in [4.69, 9.17) is 0 Å². The molecule has 5 nitrogen and oxygen atoms in total. The number of hydrogen-bond acceptors (Lipinski definition) is 7. The summed E-state index contributed by atoms with van der Waals surface area (Å²) in [5, 5.41) is 14.6. The van der Waals surface area contributed by atoms with Crippen LogP contribution in [0, 0.1) is 0 Å². The highest BCUT2D eigenvalue weighted by molar-refractivity contribution is 7.25. The summed E-state index contributed by atoms with van der Waals surface area (Å²) >= 11 is 3.30. The van der Waals surface area contributed by atoms with Crippen molar-refractivity contribution in [1.82, 2.24) is 15.2 Å². The molecule has 7 heteroatoms. The molecule has 1 saturated heterocycles. The molecule has 0 spiro atoms. The topological polar surface area (TPSA) is 53.9 Å². The molecular formula is C12H17N5S2. The minimum absolute atomic E-state index is 0.377. The zero-order chi connectivity index (χ0) is 13.2. The van der Waals surface area contributed by atoms with E-state index in [2.05, 4.69) is 39.2 Å². The zero-order valence-electron chi connectivity index (χ0n) is 11.1. The molecule has 1 aliphatic heterocycles. The first-order valence-corrected chi connectivity index (χ1v) is 8.17. The van der Waals surface area contributed by atoms with Gasteiger partial charge in [0.1, 0.15) is 0 Å². The minimum atomic E-state index is 0.377. The van der Waals surface area contributed by atoms with Crippen molar-refractivity contribution >= 4 is 32.9 Å². The number of nitrogens with zero attached hydrogens (tertiary/aromatic N) is 4. The Balaban J connectivity index is 1.76. The van der Waals surface area contributed by atoms with E-state index < -0.39 is 0 Å². The normalized spacial score (nSPS) is 15.4. The maximum atomic E-state index is 4.51. The Labute approximate surface area is 120 Å². The first-order valence-electron chi connectivity index (χ1n) is 6.53. The monoisotopic (exact) mass is 295 g/mol. The van der Waals surface area contributed by atoms with Gasteiger partial charge in [0.15, 0.2) is 10.1 Å². The van der Waals surface area contributed by atoms with Crippen LogP contribution in [0.15, 0.2) is 6.20 Å². The van der Waals surface area contributed by atoms with E-state index in [1.807, 2.05) is 6.20 Å². The van der Waals surface area contributed by atoms with E-state index >= 15 is 0 Å². The molecule has 1 N–H and O–H groups in total. The summed E-state index contributed by atoms with van der Waals surface area (Å²) in [5.41, 5.74) is 0. The Bertz CT molecular complexity index is 542. The van der Waals surface area contributed by atoms with Gasteiger partial charge in [-0.25, -0.2) is 4.98 Å². The third-order valence-electron chi connectivity index (χ3n) is 2.92. The maximum absolute atomic E-state index is 4.51. The van der Waals surface area contributed by atoms with Gasteiger partial charge in [0.2, 0.25) is 5.13 Å². The van der Waals surface area contributed by atoms with Crippen molar-refractivity contribution < 1.29 is 0 Å². The Hall–Kier alpha value is -1.21. The number of anilines is 2. The fourth-order valence-corrected chi connectivity index (χ4v) is 3.94. The predicted molar refractivity (Wildman–Crippen MR) is 81.2 cm³/mol. The summed E-state index contributed by atoms with van der Waals surface area (Å²) in [5.74, 6) is 0. The highest BCUT2D eigenvalue weighted by Crippen LogP contribution is 2.35. The van der Waals surface area contributed by atoms with E-state index in [1.54, 1.807) is 22.7 Å². The van der Waals surface area contributed by atoms with Crippen LogP contribution in [-0.2, 0) is 0 Å². The van der Waals surface area contributed by atoms with Gasteiger partial charge < -0.3 is 10.2 Å². The fourth-order valence-electron chi connectivity index (χ4n) is 2.05. The van der Waals surface area contributed by atoms with Crippen molar-refractivity contribution in [2.45, 2.75) is 32.7 Å². The quantitative estimate of drug-likeness (QED) is 0.939. The standard InChI is InChI=1S/C12H17N5S2/c1-8(2)14-11-16-15-10(19-11)9-7-13-12(18-9)17-5-3-4-6-17/h7-8H,3-6H2,1-2H3,(H,14,16). The molecule has 1 fully saturated rings. The SMILES string of the molecule is CC(C)Nc1nnc(-c2cnc(N3CCCC3)s2)s1.